The van der Waals surface area contributed by atoms with Gasteiger partial charge in [0.25, 0.3) is 15.0 Å². The minimum Gasteiger partial charge on any atom is -0.482 e. The number of rotatable bonds is 7. The van der Waals surface area contributed by atoms with Gasteiger partial charge in [-0.1, -0.05) is 25.4 Å². The summed E-state index contributed by atoms with van der Waals surface area (Å²) in [7, 11) is 1.37. The minimum atomic E-state index is -3.84. The van der Waals surface area contributed by atoms with E-state index in [1.807, 2.05) is 13.8 Å². The van der Waals surface area contributed by atoms with E-state index in [9.17, 15) is 13.2 Å². The highest BCUT2D eigenvalue weighted by atomic mass is 35.7. The van der Waals surface area contributed by atoms with E-state index in [1.165, 1.54) is 18.2 Å². The maximum atomic E-state index is 11.7. The van der Waals surface area contributed by atoms with Gasteiger partial charge in [0, 0.05) is 16.7 Å². The van der Waals surface area contributed by atoms with Crippen molar-refractivity contribution < 1.29 is 17.9 Å². The van der Waals surface area contributed by atoms with E-state index in [2.05, 4.69) is 5.32 Å². The molecule has 0 aromatic heterocycles. The average Bonchev–Trinajstić information content (AvgIpc) is 2.42. The molecule has 21 heavy (non-hydrogen) atoms. The standard InChI is InChI=1S/C13H17Cl2NO4S/c1-3-9(4-2)16-13(17)8-20-12-6-5-10(7-11(12)14)21(15,18)19/h5-7,9H,3-4,8H2,1-2H3,(H,16,17). The maximum absolute atomic E-state index is 11.7. The number of carbonyl (C=O) groups is 1. The van der Waals surface area contributed by atoms with E-state index in [0.717, 1.165) is 12.8 Å². The highest BCUT2D eigenvalue weighted by Crippen LogP contribution is 2.28. The van der Waals surface area contributed by atoms with Crippen LogP contribution >= 0.6 is 22.3 Å². The second-order valence-electron chi connectivity index (χ2n) is 4.40. The van der Waals surface area contributed by atoms with Crippen LogP contribution in [0.1, 0.15) is 26.7 Å². The van der Waals surface area contributed by atoms with Crippen molar-refractivity contribution in [3.63, 3.8) is 0 Å². The lowest BCUT2D eigenvalue weighted by atomic mass is 10.2. The van der Waals surface area contributed by atoms with Gasteiger partial charge in [0.15, 0.2) is 6.61 Å². The third-order valence-electron chi connectivity index (χ3n) is 2.89. The number of halogens is 2. The lowest BCUT2D eigenvalue weighted by Gasteiger charge is -2.15. The Labute approximate surface area is 134 Å². The van der Waals surface area contributed by atoms with Crippen molar-refractivity contribution in [3.8, 4) is 5.75 Å². The largest absolute Gasteiger partial charge is 0.482 e. The minimum absolute atomic E-state index is 0.0760. The van der Waals surface area contributed by atoms with Gasteiger partial charge < -0.3 is 10.1 Å². The molecule has 1 rings (SSSR count). The van der Waals surface area contributed by atoms with Crippen LogP contribution in [0.15, 0.2) is 23.1 Å². The lowest BCUT2D eigenvalue weighted by Crippen LogP contribution is -2.37. The van der Waals surface area contributed by atoms with Crippen molar-refractivity contribution >= 4 is 37.2 Å². The third-order valence-corrected chi connectivity index (χ3v) is 4.54. The van der Waals surface area contributed by atoms with Gasteiger partial charge in [-0.3, -0.25) is 4.79 Å². The Hall–Kier alpha value is -0.980. The molecule has 0 saturated carbocycles. The summed E-state index contributed by atoms with van der Waals surface area (Å²) >= 11 is 5.90. The van der Waals surface area contributed by atoms with Crippen LogP contribution in [0.25, 0.3) is 0 Å². The molecular weight excluding hydrogens is 337 g/mol. The van der Waals surface area contributed by atoms with Crippen LogP contribution in [0.5, 0.6) is 5.75 Å². The van der Waals surface area contributed by atoms with Gasteiger partial charge in [-0.25, -0.2) is 8.42 Å². The topological polar surface area (TPSA) is 72.5 Å². The summed E-state index contributed by atoms with van der Waals surface area (Å²) in [6, 6.07) is 3.92. The number of nitrogens with one attached hydrogen (secondary N) is 1. The molecule has 118 valence electrons. The number of benzene rings is 1. The molecule has 0 aliphatic carbocycles. The van der Waals surface area contributed by atoms with Crippen LogP contribution < -0.4 is 10.1 Å². The monoisotopic (exact) mass is 353 g/mol. The molecular formula is C13H17Cl2NO4S. The van der Waals surface area contributed by atoms with Gasteiger partial charge in [0.1, 0.15) is 5.75 Å². The molecule has 0 aliphatic heterocycles. The number of carbonyl (C=O) groups excluding carboxylic acids is 1. The van der Waals surface area contributed by atoms with Crippen LogP contribution in [-0.4, -0.2) is 27.0 Å². The third kappa shape index (κ3) is 5.73. The molecule has 1 aromatic carbocycles. The van der Waals surface area contributed by atoms with Gasteiger partial charge in [0.2, 0.25) is 0 Å². The van der Waals surface area contributed by atoms with Crippen molar-refractivity contribution in [2.75, 3.05) is 6.61 Å². The van der Waals surface area contributed by atoms with Gasteiger partial charge >= 0.3 is 0 Å². The smallest absolute Gasteiger partial charge is 0.261 e. The molecule has 1 N–H and O–H groups in total. The van der Waals surface area contributed by atoms with Crippen LogP contribution in [0, 0.1) is 0 Å². The molecule has 0 radical (unpaired) electrons. The Morgan fingerprint density at radius 1 is 1.33 bits per heavy atom. The molecule has 0 spiro atoms. The van der Waals surface area contributed by atoms with Crippen LogP contribution in [0.3, 0.4) is 0 Å². The molecule has 0 unspecified atom stereocenters. The average molecular weight is 354 g/mol. The summed E-state index contributed by atoms with van der Waals surface area (Å²) in [5, 5.41) is 2.89. The van der Waals surface area contributed by atoms with E-state index >= 15 is 0 Å². The predicted molar refractivity (Wildman–Crippen MR) is 82.5 cm³/mol. The number of hydrogen-bond acceptors (Lipinski definition) is 4. The van der Waals surface area contributed by atoms with Crippen molar-refractivity contribution in [2.24, 2.45) is 0 Å². The van der Waals surface area contributed by atoms with E-state index in [0.29, 0.717) is 0 Å². The first-order valence-corrected chi connectivity index (χ1v) is 9.13. The zero-order valence-corrected chi connectivity index (χ0v) is 14.1. The number of amides is 1. The normalized spacial score (nSPS) is 11.5. The highest BCUT2D eigenvalue weighted by molar-refractivity contribution is 8.13. The molecule has 5 nitrogen and oxygen atoms in total. The van der Waals surface area contributed by atoms with Gasteiger partial charge in [0.05, 0.1) is 9.92 Å². The van der Waals surface area contributed by atoms with E-state index in [-0.39, 0.29) is 34.2 Å². The number of hydrogen-bond donors (Lipinski definition) is 1. The Bertz CT molecular complexity index is 600. The zero-order valence-electron chi connectivity index (χ0n) is 11.7. The summed E-state index contributed by atoms with van der Waals surface area (Å²) in [5.41, 5.74) is 0. The summed E-state index contributed by atoms with van der Waals surface area (Å²) in [4.78, 5) is 11.6. The maximum Gasteiger partial charge on any atom is 0.261 e. The first-order valence-electron chi connectivity index (χ1n) is 6.44. The van der Waals surface area contributed by atoms with Crippen LogP contribution in [0.2, 0.25) is 5.02 Å². The Balaban J connectivity index is 2.66. The van der Waals surface area contributed by atoms with Crippen molar-refractivity contribution in [1.29, 1.82) is 0 Å². The van der Waals surface area contributed by atoms with Gasteiger partial charge in [-0.2, -0.15) is 0 Å². The summed E-state index contributed by atoms with van der Waals surface area (Å²) in [6.45, 7) is 3.78. The number of ether oxygens (including phenoxy) is 1. The molecule has 0 saturated heterocycles. The summed E-state index contributed by atoms with van der Waals surface area (Å²) in [5.74, 6) is -0.0331. The van der Waals surface area contributed by atoms with Crippen LogP contribution in [0.4, 0.5) is 0 Å². The van der Waals surface area contributed by atoms with E-state index < -0.39 is 9.05 Å². The molecule has 1 aromatic rings. The Morgan fingerprint density at radius 3 is 2.43 bits per heavy atom. The van der Waals surface area contributed by atoms with Crippen molar-refractivity contribution in [3.05, 3.63) is 23.2 Å². The predicted octanol–water partition coefficient (Wildman–Crippen LogP) is 2.95. The molecule has 0 fully saturated rings. The Morgan fingerprint density at radius 2 is 1.95 bits per heavy atom. The quantitative estimate of drug-likeness (QED) is 0.764. The molecule has 0 bridgehead atoms. The van der Waals surface area contributed by atoms with Gasteiger partial charge in [-0.15, -0.1) is 0 Å². The fourth-order valence-corrected chi connectivity index (χ4v) is 2.73. The lowest BCUT2D eigenvalue weighted by molar-refractivity contribution is -0.123. The fourth-order valence-electron chi connectivity index (χ4n) is 1.66. The first-order chi connectivity index (χ1) is 9.77. The summed E-state index contributed by atoms with van der Waals surface area (Å²) in [6.07, 6.45) is 1.68. The summed E-state index contributed by atoms with van der Waals surface area (Å²) < 4.78 is 27.6. The first kappa shape index (κ1) is 18.1. The molecule has 0 atom stereocenters. The Kier molecular flexibility index (Phi) is 6.77. The zero-order chi connectivity index (χ0) is 16.0. The molecule has 8 heteroatoms. The molecule has 0 aliphatic rings. The SMILES string of the molecule is CCC(CC)NC(=O)COc1ccc(S(=O)(=O)Cl)cc1Cl. The second kappa shape index (κ2) is 7.87. The van der Waals surface area contributed by atoms with E-state index in [1.54, 1.807) is 0 Å². The second-order valence-corrected chi connectivity index (χ2v) is 7.37. The van der Waals surface area contributed by atoms with E-state index in [4.69, 9.17) is 27.0 Å². The van der Waals surface area contributed by atoms with Crippen LogP contribution in [-0.2, 0) is 13.8 Å². The van der Waals surface area contributed by atoms with Crippen molar-refractivity contribution in [2.45, 2.75) is 37.6 Å². The van der Waals surface area contributed by atoms with Crippen molar-refractivity contribution in [1.82, 2.24) is 5.32 Å². The fraction of sp³-hybridized carbons (Fsp3) is 0.462. The highest BCUT2D eigenvalue weighted by Gasteiger charge is 2.14. The molecule has 0 heterocycles. The van der Waals surface area contributed by atoms with Gasteiger partial charge in [-0.05, 0) is 31.0 Å². The molecule has 1 amide bonds.